The van der Waals surface area contributed by atoms with Crippen molar-refractivity contribution >= 4 is 11.8 Å². The number of halogens is 1. The number of benzene rings is 3. The molecule has 0 unspecified atom stereocenters. The number of rotatable bonds is 9. The molecule has 31 heavy (non-hydrogen) atoms. The van der Waals surface area contributed by atoms with Crippen LogP contribution in [0.2, 0.25) is 0 Å². The topological polar surface area (TPSA) is 78.4 Å². The lowest BCUT2D eigenvalue weighted by atomic mass is 10.0. The number of aliphatic hydroxyl groups is 1. The molecule has 3 rings (SSSR count). The van der Waals surface area contributed by atoms with Crippen LogP contribution in [0, 0.1) is 5.82 Å². The van der Waals surface area contributed by atoms with E-state index in [1.54, 1.807) is 42.5 Å². The van der Waals surface area contributed by atoms with Crippen LogP contribution in [0.3, 0.4) is 0 Å². The van der Waals surface area contributed by atoms with Crippen molar-refractivity contribution in [1.82, 2.24) is 10.6 Å². The molecule has 0 saturated carbocycles. The van der Waals surface area contributed by atoms with E-state index in [0.717, 1.165) is 5.56 Å². The normalized spacial score (nSPS) is 12.6. The molecule has 0 aliphatic carbocycles. The molecule has 0 aliphatic heterocycles. The van der Waals surface area contributed by atoms with Gasteiger partial charge in [-0.1, -0.05) is 60.7 Å². The molecular weight excluding hydrogens is 395 g/mol. The van der Waals surface area contributed by atoms with Crippen molar-refractivity contribution in [3.63, 3.8) is 0 Å². The minimum Gasteiger partial charge on any atom is -0.394 e. The minimum absolute atomic E-state index is 0.189. The van der Waals surface area contributed by atoms with Gasteiger partial charge in [0.25, 0.3) is 5.91 Å². The molecule has 0 aromatic heterocycles. The van der Waals surface area contributed by atoms with Gasteiger partial charge in [-0.15, -0.1) is 0 Å². The lowest BCUT2D eigenvalue weighted by Gasteiger charge is -2.23. The van der Waals surface area contributed by atoms with Crippen molar-refractivity contribution < 1.29 is 19.1 Å². The van der Waals surface area contributed by atoms with Gasteiger partial charge in [0.15, 0.2) is 0 Å². The second kappa shape index (κ2) is 11.0. The zero-order valence-corrected chi connectivity index (χ0v) is 17.0. The van der Waals surface area contributed by atoms with Crippen molar-refractivity contribution in [3.8, 4) is 0 Å². The highest BCUT2D eigenvalue weighted by Gasteiger charge is 2.24. The third-order valence-electron chi connectivity index (χ3n) is 4.90. The second-order valence-corrected chi connectivity index (χ2v) is 7.30. The highest BCUT2D eigenvalue weighted by Crippen LogP contribution is 2.09. The summed E-state index contributed by atoms with van der Waals surface area (Å²) in [4.78, 5) is 25.7. The van der Waals surface area contributed by atoms with E-state index in [1.165, 1.54) is 12.1 Å². The predicted molar refractivity (Wildman–Crippen MR) is 117 cm³/mol. The molecule has 0 spiro atoms. The highest BCUT2D eigenvalue weighted by molar-refractivity contribution is 5.97. The van der Waals surface area contributed by atoms with Crippen molar-refractivity contribution in [3.05, 3.63) is 107 Å². The molecule has 0 heterocycles. The van der Waals surface area contributed by atoms with Gasteiger partial charge >= 0.3 is 0 Å². The largest absolute Gasteiger partial charge is 0.394 e. The van der Waals surface area contributed by atoms with E-state index >= 15 is 0 Å². The maximum Gasteiger partial charge on any atom is 0.251 e. The summed E-state index contributed by atoms with van der Waals surface area (Å²) in [5.74, 6) is -1.17. The van der Waals surface area contributed by atoms with Gasteiger partial charge in [0, 0.05) is 12.0 Å². The third-order valence-corrected chi connectivity index (χ3v) is 4.90. The Morgan fingerprint density at radius 2 is 1.35 bits per heavy atom. The molecule has 0 radical (unpaired) electrons. The molecule has 160 valence electrons. The summed E-state index contributed by atoms with van der Waals surface area (Å²) < 4.78 is 13.3. The Morgan fingerprint density at radius 1 is 0.774 bits per heavy atom. The summed E-state index contributed by atoms with van der Waals surface area (Å²) in [6.07, 6.45) is 0.646. The summed E-state index contributed by atoms with van der Waals surface area (Å²) in [5, 5.41) is 15.3. The van der Waals surface area contributed by atoms with Gasteiger partial charge in [0.1, 0.15) is 11.9 Å². The second-order valence-electron chi connectivity index (χ2n) is 7.30. The van der Waals surface area contributed by atoms with Gasteiger partial charge in [0.2, 0.25) is 5.91 Å². The van der Waals surface area contributed by atoms with Crippen LogP contribution in [-0.2, 0) is 17.6 Å². The summed E-state index contributed by atoms with van der Waals surface area (Å²) >= 11 is 0. The number of aliphatic hydroxyl groups excluding tert-OH is 1. The first-order valence-electron chi connectivity index (χ1n) is 10.1. The van der Waals surface area contributed by atoms with E-state index in [0.29, 0.717) is 17.5 Å². The fourth-order valence-corrected chi connectivity index (χ4v) is 3.26. The zero-order valence-electron chi connectivity index (χ0n) is 17.0. The maximum absolute atomic E-state index is 13.3. The van der Waals surface area contributed by atoms with Crippen LogP contribution in [0.4, 0.5) is 4.39 Å². The van der Waals surface area contributed by atoms with Crippen LogP contribution >= 0.6 is 0 Å². The van der Waals surface area contributed by atoms with Gasteiger partial charge in [-0.05, 0) is 41.8 Å². The highest BCUT2D eigenvalue weighted by atomic mass is 19.1. The number of carbonyl (C=O) groups is 2. The SMILES string of the molecule is O=C(N[C@@H](Cc1ccc(F)cc1)C(=O)N[C@H](CO)Cc1ccccc1)c1ccccc1. The Bertz CT molecular complexity index is 979. The summed E-state index contributed by atoms with van der Waals surface area (Å²) in [6.45, 7) is -0.240. The summed E-state index contributed by atoms with van der Waals surface area (Å²) in [7, 11) is 0. The average molecular weight is 420 g/mol. The van der Waals surface area contributed by atoms with Crippen LogP contribution in [-0.4, -0.2) is 35.6 Å². The fraction of sp³-hybridized carbons (Fsp3) is 0.200. The standard InChI is InChI=1S/C25H25FN2O3/c26-21-13-11-19(12-14-21)16-23(28-24(30)20-9-5-2-6-10-20)25(31)27-22(17-29)15-18-7-3-1-4-8-18/h1-14,22-23,29H,15-17H2,(H,27,31)(H,28,30)/t22-,23-/m0/s1. The Hall–Kier alpha value is -3.51. The van der Waals surface area contributed by atoms with E-state index in [2.05, 4.69) is 10.6 Å². The molecule has 0 saturated heterocycles. The quantitative estimate of drug-likeness (QED) is 0.498. The van der Waals surface area contributed by atoms with Crippen LogP contribution < -0.4 is 10.6 Å². The molecular formula is C25H25FN2O3. The summed E-state index contributed by atoms with van der Waals surface area (Å²) in [5.41, 5.74) is 2.12. The fourth-order valence-electron chi connectivity index (χ4n) is 3.26. The monoisotopic (exact) mass is 420 g/mol. The first-order chi connectivity index (χ1) is 15.0. The molecule has 6 heteroatoms. The van der Waals surface area contributed by atoms with Crippen molar-refractivity contribution in [1.29, 1.82) is 0 Å². The van der Waals surface area contributed by atoms with E-state index < -0.39 is 18.0 Å². The smallest absolute Gasteiger partial charge is 0.251 e. The molecule has 3 aromatic rings. The number of nitrogens with one attached hydrogen (secondary N) is 2. The Labute approximate surface area is 180 Å². The van der Waals surface area contributed by atoms with Gasteiger partial charge in [0.05, 0.1) is 12.6 Å². The molecule has 0 aliphatic rings. The molecule has 5 nitrogen and oxygen atoms in total. The van der Waals surface area contributed by atoms with Crippen molar-refractivity contribution in [2.24, 2.45) is 0 Å². The summed E-state index contributed by atoms with van der Waals surface area (Å²) in [6, 6.07) is 22.5. The van der Waals surface area contributed by atoms with E-state index in [9.17, 15) is 19.1 Å². The van der Waals surface area contributed by atoms with Crippen LogP contribution in [0.15, 0.2) is 84.9 Å². The number of hydrogen-bond donors (Lipinski definition) is 3. The minimum atomic E-state index is -0.886. The van der Waals surface area contributed by atoms with E-state index in [1.807, 2.05) is 30.3 Å². The Balaban J connectivity index is 1.74. The first kappa shape index (κ1) is 22.2. The number of hydrogen-bond acceptors (Lipinski definition) is 3. The van der Waals surface area contributed by atoms with Gasteiger partial charge in [-0.25, -0.2) is 4.39 Å². The number of carbonyl (C=O) groups excluding carboxylic acids is 2. The van der Waals surface area contributed by atoms with Gasteiger partial charge in [-0.2, -0.15) is 0 Å². The Morgan fingerprint density at radius 3 is 1.97 bits per heavy atom. The molecule has 0 bridgehead atoms. The number of amides is 2. The van der Waals surface area contributed by atoms with E-state index in [4.69, 9.17) is 0 Å². The average Bonchev–Trinajstić information content (AvgIpc) is 2.80. The van der Waals surface area contributed by atoms with Crippen LogP contribution in [0.25, 0.3) is 0 Å². The molecule has 3 N–H and O–H groups in total. The van der Waals surface area contributed by atoms with Crippen molar-refractivity contribution in [2.75, 3.05) is 6.61 Å². The van der Waals surface area contributed by atoms with E-state index in [-0.39, 0.29) is 24.8 Å². The zero-order chi connectivity index (χ0) is 22.1. The van der Waals surface area contributed by atoms with Crippen molar-refractivity contribution in [2.45, 2.75) is 24.9 Å². The molecule has 2 atom stereocenters. The Kier molecular flexibility index (Phi) is 7.90. The van der Waals surface area contributed by atoms with Gasteiger partial charge < -0.3 is 15.7 Å². The van der Waals surface area contributed by atoms with Gasteiger partial charge in [-0.3, -0.25) is 9.59 Å². The van der Waals surface area contributed by atoms with Crippen LogP contribution in [0.1, 0.15) is 21.5 Å². The lowest BCUT2D eigenvalue weighted by Crippen LogP contribution is -2.52. The first-order valence-corrected chi connectivity index (χ1v) is 10.1. The molecule has 2 amide bonds. The molecule has 3 aromatic carbocycles. The molecule has 0 fully saturated rings. The lowest BCUT2D eigenvalue weighted by molar-refractivity contribution is -0.124. The van der Waals surface area contributed by atoms with Crippen LogP contribution in [0.5, 0.6) is 0 Å². The third kappa shape index (κ3) is 6.76. The predicted octanol–water partition coefficient (Wildman–Crippen LogP) is 2.89. The maximum atomic E-state index is 13.3.